The maximum absolute atomic E-state index is 13.1. The van der Waals surface area contributed by atoms with E-state index in [2.05, 4.69) is 0 Å². The number of benzene rings is 2. The SMILES string of the molecule is O=C(OCc1ccccc1)N1CCN(Cc2ccccc2C(F)(F)F)CC1. The summed E-state index contributed by atoms with van der Waals surface area (Å²) in [5.74, 6) is 0. The molecule has 1 saturated heterocycles. The van der Waals surface area contributed by atoms with E-state index in [9.17, 15) is 18.0 Å². The van der Waals surface area contributed by atoms with Gasteiger partial charge in [0.05, 0.1) is 5.56 Å². The van der Waals surface area contributed by atoms with Crippen LogP contribution in [0.2, 0.25) is 0 Å². The number of amides is 1. The molecule has 0 atom stereocenters. The van der Waals surface area contributed by atoms with Crippen molar-refractivity contribution in [2.24, 2.45) is 0 Å². The van der Waals surface area contributed by atoms with Crippen LogP contribution in [-0.4, -0.2) is 42.1 Å². The highest BCUT2D eigenvalue weighted by molar-refractivity contribution is 5.67. The molecular weight excluding hydrogens is 357 g/mol. The Morgan fingerprint density at radius 1 is 0.926 bits per heavy atom. The number of alkyl halides is 3. The number of carbonyl (C=O) groups excluding carboxylic acids is 1. The molecule has 0 aliphatic carbocycles. The molecule has 1 heterocycles. The molecule has 0 radical (unpaired) electrons. The smallest absolute Gasteiger partial charge is 0.416 e. The van der Waals surface area contributed by atoms with E-state index in [1.807, 2.05) is 35.2 Å². The lowest BCUT2D eigenvalue weighted by Gasteiger charge is -2.34. The summed E-state index contributed by atoms with van der Waals surface area (Å²) >= 11 is 0. The summed E-state index contributed by atoms with van der Waals surface area (Å²) in [6, 6.07) is 15.0. The number of halogens is 3. The Balaban J connectivity index is 1.50. The van der Waals surface area contributed by atoms with Crippen LogP contribution in [0.1, 0.15) is 16.7 Å². The topological polar surface area (TPSA) is 32.8 Å². The van der Waals surface area contributed by atoms with E-state index in [0.29, 0.717) is 26.2 Å². The van der Waals surface area contributed by atoms with Gasteiger partial charge < -0.3 is 9.64 Å². The Kier molecular flexibility index (Phi) is 6.01. The molecule has 0 N–H and O–H groups in total. The van der Waals surface area contributed by atoms with Crippen LogP contribution in [0.3, 0.4) is 0 Å². The average molecular weight is 378 g/mol. The van der Waals surface area contributed by atoms with Crippen LogP contribution in [-0.2, 0) is 24.1 Å². The maximum atomic E-state index is 13.1. The highest BCUT2D eigenvalue weighted by atomic mass is 19.4. The molecule has 1 aliphatic heterocycles. The predicted octanol–water partition coefficient (Wildman–Crippen LogP) is 4.16. The largest absolute Gasteiger partial charge is 0.445 e. The van der Waals surface area contributed by atoms with Crippen LogP contribution in [0, 0.1) is 0 Å². The van der Waals surface area contributed by atoms with Crippen molar-refractivity contribution in [3.05, 3.63) is 71.3 Å². The minimum absolute atomic E-state index is 0.207. The molecule has 0 aromatic heterocycles. The van der Waals surface area contributed by atoms with Gasteiger partial charge in [-0.05, 0) is 17.2 Å². The van der Waals surface area contributed by atoms with E-state index in [-0.39, 0.29) is 18.7 Å². The normalized spacial score (nSPS) is 15.6. The molecule has 7 heteroatoms. The fraction of sp³-hybridized carbons (Fsp3) is 0.350. The number of carbonyl (C=O) groups is 1. The zero-order valence-electron chi connectivity index (χ0n) is 14.8. The second-order valence-corrected chi connectivity index (χ2v) is 6.46. The van der Waals surface area contributed by atoms with E-state index in [0.717, 1.165) is 11.6 Å². The maximum Gasteiger partial charge on any atom is 0.416 e. The molecule has 3 rings (SSSR count). The first kappa shape index (κ1) is 19.2. The molecule has 2 aromatic rings. The van der Waals surface area contributed by atoms with Crippen molar-refractivity contribution in [2.45, 2.75) is 19.3 Å². The second kappa shape index (κ2) is 8.43. The summed E-state index contributed by atoms with van der Waals surface area (Å²) in [5.41, 5.74) is 0.563. The van der Waals surface area contributed by atoms with Gasteiger partial charge in [-0.1, -0.05) is 48.5 Å². The van der Waals surface area contributed by atoms with Gasteiger partial charge in [0, 0.05) is 32.7 Å². The third kappa shape index (κ3) is 5.23. The summed E-state index contributed by atoms with van der Waals surface area (Å²) in [7, 11) is 0. The van der Waals surface area contributed by atoms with Crippen LogP contribution < -0.4 is 0 Å². The van der Waals surface area contributed by atoms with Gasteiger partial charge in [-0.15, -0.1) is 0 Å². The first-order valence-electron chi connectivity index (χ1n) is 8.76. The molecule has 27 heavy (non-hydrogen) atoms. The number of rotatable bonds is 4. The molecule has 1 aliphatic rings. The quantitative estimate of drug-likeness (QED) is 0.801. The van der Waals surface area contributed by atoms with Gasteiger partial charge in [0.1, 0.15) is 6.61 Å². The number of hydrogen-bond acceptors (Lipinski definition) is 3. The molecule has 1 fully saturated rings. The van der Waals surface area contributed by atoms with E-state index < -0.39 is 17.8 Å². The van der Waals surface area contributed by atoms with Crippen LogP contribution in [0.4, 0.5) is 18.0 Å². The molecule has 144 valence electrons. The Morgan fingerprint density at radius 2 is 1.56 bits per heavy atom. The highest BCUT2D eigenvalue weighted by Crippen LogP contribution is 2.32. The molecule has 2 aromatic carbocycles. The Morgan fingerprint density at radius 3 is 2.22 bits per heavy atom. The fourth-order valence-electron chi connectivity index (χ4n) is 3.07. The Hall–Kier alpha value is -2.54. The van der Waals surface area contributed by atoms with E-state index in [4.69, 9.17) is 4.74 Å². The van der Waals surface area contributed by atoms with E-state index >= 15 is 0 Å². The van der Waals surface area contributed by atoms with Gasteiger partial charge in [-0.25, -0.2) is 4.79 Å². The number of nitrogens with zero attached hydrogens (tertiary/aromatic N) is 2. The van der Waals surface area contributed by atoms with Crippen LogP contribution in [0.5, 0.6) is 0 Å². The van der Waals surface area contributed by atoms with E-state index in [1.54, 1.807) is 11.0 Å². The van der Waals surface area contributed by atoms with Crippen molar-refractivity contribution in [3.8, 4) is 0 Å². The van der Waals surface area contributed by atoms with Crippen molar-refractivity contribution in [3.63, 3.8) is 0 Å². The lowest BCUT2D eigenvalue weighted by molar-refractivity contribution is -0.138. The van der Waals surface area contributed by atoms with Crippen LogP contribution in [0.15, 0.2) is 54.6 Å². The van der Waals surface area contributed by atoms with Crippen molar-refractivity contribution in [1.82, 2.24) is 9.80 Å². The van der Waals surface area contributed by atoms with Gasteiger partial charge in [0.25, 0.3) is 0 Å². The number of piperazine rings is 1. The lowest BCUT2D eigenvalue weighted by atomic mass is 10.1. The molecule has 1 amide bonds. The van der Waals surface area contributed by atoms with Gasteiger partial charge in [0.2, 0.25) is 0 Å². The molecule has 4 nitrogen and oxygen atoms in total. The highest BCUT2D eigenvalue weighted by Gasteiger charge is 2.33. The lowest BCUT2D eigenvalue weighted by Crippen LogP contribution is -2.48. The molecule has 0 saturated carbocycles. The predicted molar refractivity (Wildman–Crippen MR) is 94.9 cm³/mol. The molecule has 0 spiro atoms. The average Bonchev–Trinajstić information content (AvgIpc) is 2.67. The minimum Gasteiger partial charge on any atom is -0.445 e. The number of hydrogen-bond donors (Lipinski definition) is 0. The van der Waals surface area contributed by atoms with E-state index in [1.165, 1.54) is 12.1 Å². The Bertz CT molecular complexity index is 757. The molecule has 0 bridgehead atoms. The zero-order chi connectivity index (χ0) is 19.3. The third-order valence-corrected chi connectivity index (χ3v) is 4.55. The number of ether oxygens (including phenoxy) is 1. The first-order chi connectivity index (χ1) is 12.9. The minimum atomic E-state index is -4.36. The summed E-state index contributed by atoms with van der Waals surface area (Å²) in [5, 5.41) is 0. The van der Waals surface area contributed by atoms with Crippen molar-refractivity contribution in [1.29, 1.82) is 0 Å². The monoisotopic (exact) mass is 378 g/mol. The van der Waals surface area contributed by atoms with Gasteiger partial charge in [-0.3, -0.25) is 4.90 Å². The molecule has 0 unspecified atom stereocenters. The van der Waals surface area contributed by atoms with Gasteiger partial charge >= 0.3 is 12.3 Å². The standard InChI is InChI=1S/C20H21F3N2O2/c21-20(22,23)18-9-5-4-8-17(18)14-24-10-12-25(13-11-24)19(26)27-15-16-6-2-1-3-7-16/h1-9H,10-15H2. The fourth-order valence-corrected chi connectivity index (χ4v) is 3.07. The van der Waals surface area contributed by atoms with Gasteiger partial charge in [-0.2, -0.15) is 13.2 Å². The third-order valence-electron chi connectivity index (χ3n) is 4.55. The Labute approximate surface area is 156 Å². The second-order valence-electron chi connectivity index (χ2n) is 6.46. The van der Waals surface area contributed by atoms with Crippen LogP contribution in [0.25, 0.3) is 0 Å². The summed E-state index contributed by atoms with van der Waals surface area (Å²) < 4.78 is 44.6. The van der Waals surface area contributed by atoms with Crippen LogP contribution >= 0.6 is 0 Å². The zero-order valence-corrected chi connectivity index (χ0v) is 14.8. The molecular formula is C20H21F3N2O2. The van der Waals surface area contributed by atoms with Crippen molar-refractivity contribution >= 4 is 6.09 Å². The first-order valence-corrected chi connectivity index (χ1v) is 8.76. The van der Waals surface area contributed by atoms with Crippen molar-refractivity contribution in [2.75, 3.05) is 26.2 Å². The summed E-state index contributed by atoms with van der Waals surface area (Å²) in [4.78, 5) is 15.7. The van der Waals surface area contributed by atoms with Gasteiger partial charge in [0.15, 0.2) is 0 Å². The van der Waals surface area contributed by atoms with Crippen molar-refractivity contribution < 1.29 is 22.7 Å². The summed E-state index contributed by atoms with van der Waals surface area (Å²) in [6.45, 7) is 2.30. The summed E-state index contributed by atoms with van der Waals surface area (Å²) in [6.07, 6.45) is -4.76.